The van der Waals surface area contributed by atoms with Crippen molar-refractivity contribution in [3.8, 4) is 5.69 Å². The molecule has 0 aliphatic heterocycles. The SMILES string of the molecule is CC(=O)Nc1ccc(CC(=O)NCc2ccc(-n3nc(C)cc3C)cc2C(F)(F)F)cc1. The number of aryl methyl sites for hydroxylation is 2. The number of carbonyl (C=O) groups excluding carboxylic acids is 2. The van der Waals surface area contributed by atoms with Crippen molar-refractivity contribution < 1.29 is 22.8 Å². The summed E-state index contributed by atoms with van der Waals surface area (Å²) in [5, 5.41) is 9.40. The van der Waals surface area contributed by atoms with Crippen molar-refractivity contribution in [2.24, 2.45) is 0 Å². The van der Waals surface area contributed by atoms with Crippen LogP contribution < -0.4 is 10.6 Å². The van der Waals surface area contributed by atoms with E-state index in [1.54, 1.807) is 50.2 Å². The lowest BCUT2D eigenvalue weighted by Crippen LogP contribution is -2.26. The fourth-order valence-corrected chi connectivity index (χ4v) is 3.36. The highest BCUT2D eigenvalue weighted by atomic mass is 19.4. The van der Waals surface area contributed by atoms with Crippen LogP contribution in [0.5, 0.6) is 0 Å². The number of amides is 2. The first-order valence-corrected chi connectivity index (χ1v) is 9.90. The number of alkyl halides is 3. The Hall–Kier alpha value is -3.62. The van der Waals surface area contributed by atoms with Crippen LogP contribution in [0.2, 0.25) is 0 Å². The van der Waals surface area contributed by atoms with E-state index in [0.29, 0.717) is 22.6 Å². The van der Waals surface area contributed by atoms with Crippen LogP contribution >= 0.6 is 0 Å². The lowest BCUT2D eigenvalue weighted by atomic mass is 10.1. The highest BCUT2D eigenvalue weighted by Crippen LogP contribution is 2.33. The lowest BCUT2D eigenvalue weighted by molar-refractivity contribution is -0.138. The van der Waals surface area contributed by atoms with E-state index in [0.717, 1.165) is 11.8 Å². The minimum absolute atomic E-state index is 0.00550. The number of hydrogen-bond acceptors (Lipinski definition) is 3. The third-order valence-corrected chi connectivity index (χ3v) is 4.77. The van der Waals surface area contributed by atoms with E-state index >= 15 is 0 Å². The molecule has 1 heterocycles. The summed E-state index contributed by atoms with van der Waals surface area (Å²) in [7, 11) is 0. The van der Waals surface area contributed by atoms with Gasteiger partial charge < -0.3 is 10.6 Å². The van der Waals surface area contributed by atoms with Crippen molar-refractivity contribution in [1.82, 2.24) is 15.1 Å². The number of halogens is 3. The summed E-state index contributed by atoms with van der Waals surface area (Å²) in [5.74, 6) is -0.618. The van der Waals surface area contributed by atoms with Gasteiger partial charge in [0.25, 0.3) is 0 Å². The van der Waals surface area contributed by atoms with Gasteiger partial charge in [-0.05, 0) is 55.3 Å². The highest BCUT2D eigenvalue weighted by Gasteiger charge is 2.34. The van der Waals surface area contributed by atoms with Crippen LogP contribution in [-0.2, 0) is 28.7 Å². The maximum Gasteiger partial charge on any atom is 0.416 e. The Morgan fingerprint density at radius 3 is 2.28 bits per heavy atom. The van der Waals surface area contributed by atoms with Gasteiger partial charge in [-0.25, -0.2) is 4.68 Å². The minimum atomic E-state index is -4.58. The normalized spacial score (nSPS) is 11.3. The molecule has 2 amide bonds. The molecule has 32 heavy (non-hydrogen) atoms. The molecule has 0 atom stereocenters. The molecule has 0 saturated heterocycles. The number of aromatic nitrogens is 2. The second-order valence-electron chi connectivity index (χ2n) is 7.51. The lowest BCUT2D eigenvalue weighted by Gasteiger charge is -2.16. The molecule has 0 radical (unpaired) electrons. The van der Waals surface area contributed by atoms with Crippen LogP contribution in [0.3, 0.4) is 0 Å². The first-order chi connectivity index (χ1) is 15.0. The largest absolute Gasteiger partial charge is 0.416 e. The van der Waals surface area contributed by atoms with Gasteiger partial charge >= 0.3 is 6.18 Å². The zero-order chi connectivity index (χ0) is 23.5. The van der Waals surface area contributed by atoms with E-state index in [1.807, 2.05) is 0 Å². The van der Waals surface area contributed by atoms with Crippen molar-refractivity contribution in [1.29, 1.82) is 0 Å². The van der Waals surface area contributed by atoms with Gasteiger partial charge in [-0.15, -0.1) is 0 Å². The molecule has 2 N–H and O–H groups in total. The number of nitrogens with one attached hydrogen (secondary N) is 2. The fourth-order valence-electron chi connectivity index (χ4n) is 3.36. The Kier molecular flexibility index (Phi) is 6.67. The second-order valence-corrected chi connectivity index (χ2v) is 7.51. The van der Waals surface area contributed by atoms with Gasteiger partial charge in [0, 0.05) is 24.8 Å². The van der Waals surface area contributed by atoms with Gasteiger partial charge in [0.05, 0.1) is 23.4 Å². The molecule has 3 rings (SSSR count). The molecule has 168 valence electrons. The molecule has 9 heteroatoms. The third-order valence-electron chi connectivity index (χ3n) is 4.77. The molecule has 0 unspecified atom stereocenters. The van der Waals surface area contributed by atoms with Crippen molar-refractivity contribution in [3.63, 3.8) is 0 Å². The molecule has 1 aromatic heterocycles. The second kappa shape index (κ2) is 9.25. The van der Waals surface area contributed by atoms with E-state index in [9.17, 15) is 22.8 Å². The molecule has 6 nitrogen and oxygen atoms in total. The smallest absolute Gasteiger partial charge is 0.352 e. The maximum absolute atomic E-state index is 13.7. The standard InChI is InChI=1S/C23H23F3N4O2/c1-14-10-15(2)30(29-14)20-9-6-18(21(12-20)23(24,25)26)13-27-22(32)11-17-4-7-19(8-5-17)28-16(3)31/h4-10,12H,11,13H2,1-3H3,(H,27,32)(H,28,31). The monoisotopic (exact) mass is 444 g/mol. The number of hydrogen-bond donors (Lipinski definition) is 2. The molecular weight excluding hydrogens is 421 g/mol. The fraction of sp³-hybridized carbons (Fsp3) is 0.261. The molecule has 0 aliphatic rings. The Morgan fingerprint density at radius 2 is 1.72 bits per heavy atom. The summed E-state index contributed by atoms with van der Waals surface area (Å²) in [5.41, 5.74) is 2.15. The quantitative estimate of drug-likeness (QED) is 0.594. The van der Waals surface area contributed by atoms with E-state index in [1.165, 1.54) is 17.7 Å². The molecule has 0 aliphatic carbocycles. The van der Waals surface area contributed by atoms with Crippen LogP contribution in [0, 0.1) is 13.8 Å². The summed E-state index contributed by atoms with van der Waals surface area (Å²) >= 11 is 0. The number of rotatable bonds is 6. The number of benzene rings is 2. The van der Waals surface area contributed by atoms with Crippen molar-refractivity contribution in [2.45, 2.75) is 39.9 Å². The Bertz CT molecular complexity index is 1140. The summed E-state index contributed by atoms with van der Waals surface area (Å²) < 4.78 is 42.5. The third kappa shape index (κ3) is 5.75. The Balaban J connectivity index is 1.71. The zero-order valence-corrected chi connectivity index (χ0v) is 17.9. The molecule has 0 spiro atoms. The van der Waals surface area contributed by atoms with E-state index in [-0.39, 0.29) is 24.4 Å². The summed E-state index contributed by atoms with van der Waals surface area (Å²) in [6, 6.07) is 12.4. The van der Waals surface area contributed by atoms with E-state index < -0.39 is 17.6 Å². The average molecular weight is 444 g/mol. The molecule has 2 aromatic carbocycles. The topological polar surface area (TPSA) is 76.0 Å². The first kappa shape index (κ1) is 23.1. The Morgan fingerprint density at radius 1 is 1.03 bits per heavy atom. The van der Waals surface area contributed by atoms with Gasteiger partial charge in [-0.2, -0.15) is 18.3 Å². The van der Waals surface area contributed by atoms with E-state index in [4.69, 9.17) is 0 Å². The number of anilines is 1. The first-order valence-electron chi connectivity index (χ1n) is 9.90. The molecule has 0 saturated carbocycles. The number of nitrogens with zero attached hydrogens (tertiary/aromatic N) is 2. The van der Waals surface area contributed by atoms with Crippen molar-refractivity contribution in [3.05, 3.63) is 76.6 Å². The Labute approximate surface area is 183 Å². The summed E-state index contributed by atoms with van der Waals surface area (Å²) in [6.07, 6.45) is -4.57. The molecule has 0 fully saturated rings. The summed E-state index contributed by atoms with van der Waals surface area (Å²) in [4.78, 5) is 23.3. The van der Waals surface area contributed by atoms with E-state index in [2.05, 4.69) is 15.7 Å². The van der Waals surface area contributed by atoms with Crippen LogP contribution in [0.1, 0.15) is 35.0 Å². The minimum Gasteiger partial charge on any atom is -0.352 e. The van der Waals surface area contributed by atoms with Crippen LogP contribution in [-0.4, -0.2) is 21.6 Å². The predicted molar refractivity (Wildman–Crippen MR) is 114 cm³/mol. The molecular formula is C23H23F3N4O2. The van der Waals surface area contributed by atoms with Crippen molar-refractivity contribution in [2.75, 3.05) is 5.32 Å². The van der Waals surface area contributed by atoms with Crippen LogP contribution in [0.4, 0.5) is 18.9 Å². The van der Waals surface area contributed by atoms with Gasteiger partial charge in [-0.1, -0.05) is 18.2 Å². The van der Waals surface area contributed by atoms with Gasteiger partial charge in [0.1, 0.15) is 0 Å². The van der Waals surface area contributed by atoms with Crippen LogP contribution in [0.25, 0.3) is 5.69 Å². The highest BCUT2D eigenvalue weighted by molar-refractivity contribution is 5.88. The molecule has 0 bridgehead atoms. The van der Waals surface area contributed by atoms with Crippen molar-refractivity contribution >= 4 is 17.5 Å². The van der Waals surface area contributed by atoms with Gasteiger partial charge in [0.15, 0.2) is 0 Å². The van der Waals surface area contributed by atoms with Gasteiger partial charge in [0.2, 0.25) is 11.8 Å². The van der Waals surface area contributed by atoms with Gasteiger partial charge in [-0.3, -0.25) is 9.59 Å². The number of carbonyl (C=O) groups is 2. The van der Waals surface area contributed by atoms with Crippen LogP contribution in [0.15, 0.2) is 48.5 Å². The predicted octanol–water partition coefficient (Wildman–Crippen LogP) is 4.33. The summed E-state index contributed by atoms with van der Waals surface area (Å²) in [6.45, 7) is 4.67. The zero-order valence-electron chi connectivity index (χ0n) is 17.9. The average Bonchev–Trinajstić information content (AvgIpc) is 3.04. The maximum atomic E-state index is 13.7. The molecule has 3 aromatic rings.